The standard InChI is InChI=1S/C26H50O6.Na/c1-2-3-4-5-6-7-8-9-10-11-12-13-14-15-16-17-20-30-21-22-31-23-24-32-26(29)19-18-25(27)28;/h2-24H2,1H3,(H,27,28);/q;+1/p-1. The molecule has 0 aliphatic carbocycles. The largest absolute Gasteiger partial charge is 1.00 e. The van der Waals surface area contributed by atoms with Crippen LogP contribution in [0.2, 0.25) is 0 Å². The molecule has 0 heterocycles. The van der Waals surface area contributed by atoms with Gasteiger partial charge in [0.1, 0.15) is 6.61 Å². The van der Waals surface area contributed by atoms with Crippen LogP contribution in [0.5, 0.6) is 0 Å². The average Bonchev–Trinajstić information content (AvgIpc) is 2.78. The van der Waals surface area contributed by atoms with Gasteiger partial charge in [-0.05, 0) is 12.8 Å². The molecule has 0 radical (unpaired) electrons. The van der Waals surface area contributed by atoms with Crippen molar-refractivity contribution in [2.45, 2.75) is 122 Å². The first-order chi connectivity index (χ1) is 15.7. The minimum absolute atomic E-state index is 0. The average molecular weight is 481 g/mol. The van der Waals surface area contributed by atoms with Gasteiger partial charge < -0.3 is 24.1 Å². The molecule has 0 fully saturated rings. The zero-order valence-corrected chi connectivity index (χ0v) is 23.7. The van der Waals surface area contributed by atoms with Crippen molar-refractivity contribution in [2.75, 3.05) is 33.0 Å². The second-order valence-electron chi connectivity index (χ2n) is 8.62. The van der Waals surface area contributed by atoms with E-state index in [-0.39, 0.29) is 49.0 Å². The van der Waals surface area contributed by atoms with Crippen LogP contribution in [-0.4, -0.2) is 45.0 Å². The van der Waals surface area contributed by atoms with Gasteiger partial charge in [0.05, 0.1) is 26.2 Å². The van der Waals surface area contributed by atoms with Crippen LogP contribution in [0.3, 0.4) is 0 Å². The molecule has 0 rings (SSSR count). The molecule has 0 aromatic rings. The summed E-state index contributed by atoms with van der Waals surface area (Å²) in [5.41, 5.74) is 0. The number of hydrogen-bond donors (Lipinski definition) is 0. The summed E-state index contributed by atoms with van der Waals surface area (Å²) >= 11 is 0. The summed E-state index contributed by atoms with van der Waals surface area (Å²) in [7, 11) is 0. The summed E-state index contributed by atoms with van der Waals surface area (Å²) in [4.78, 5) is 21.4. The number of aliphatic carboxylic acids is 1. The third kappa shape index (κ3) is 31.9. The van der Waals surface area contributed by atoms with Gasteiger partial charge in [-0.2, -0.15) is 0 Å². The van der Waals surface area contributed by atoms with Gasteiger partial charge in [-0.25, -0.2) is 0 Å². The molecule has 190 valence electrons. The van der Waals surface area contributed by atoms with Gasteiger partial charge in [0.2, 0.25) is 0 Å². The number of carbonyl (C=O) groups excluding carboxylic acids is 2. The summed E-state index contributed by atoms with van der Waals surface area (Å²) in [6.07, 6.45) is 21.4. The molecule has 0 aliphatic heterocycles. The van der Waals surface area contributed by atoms with E-state index >= 15 is 0 Å². The molecule has 33 heavy (non-hydrogen) atoms. The third-order valence-corrected chi connectivity index (χ3v) is 5.54. The second-order valence-corrected chi connectivity index (χ2v) is 8.62. The quantitative estimate of drug-likeness (QED) is 0.107. The van der Waals surface area contributed by atoms with Crippen LogP contribution in [-0.2, 0) is 23.8 Å². The van der Waals surface area contributed by atoms with Crippen LogP contribution in [0, 0.1) is 0 Å². The van der Waals surface area contributed by atoms with E-state index in [4.69, 9.17) is 14.2 Å². The summed E-state index contributed by atoms with van der Waals surface area (Å²) in [5, 5.41) is 10.2. The smallest absolute Gasteiger partial charge is 0.550 e. The summed E-state index contributed by atoms with van der Waals surface area (Å²) in [6.45, 7) is 4.47. The Morgan fingerprint density at radius 3 is 1.39 bits per heavy atom. The van der Waals surface area contributed by atoms with Gasteiger partial charge >= 0.3 is 35.5 Å². The Balaban J connectivity index is 0. The summed E-state index contributed by atoms with van der Waals surface area (Å²) in [6, 6.07) is 0. The van der Waals surface area contributed by atoms with Crippen LogP contribution in [0.25, 0.3) is 0 Å². The van der Waals surface area contributed by atoms with Gasteiger partial charge in [0, 0.05) is 12.6 Å². The molecule has 6 nitrogen and oxygen atoms in total. The Bertz CT molecular complexity index is 420. The van der Waals surface area contributed by atoms with E-state index in [0.717, 1.165) is 13.0 Å². The van der Waals surface area contributed by atoms with E-state index in [1.165, 1.54) is 96.3 Å². The number of unbranched alkanes of at least 4 members (excludes halogenated alkanes) is 15. The van der Waals surface area contributed by atoms with Crippen LogP contribution in [0.15, 0.2) is 0 Å². The fourth-order valence-corrected chi connectivity index (χ4v) is 3.56. The Morgan fingerprint density at radius 2 is 0.939 bits per heavy atom. The van der Waals surface area contributed by atoms with E-state index in [2.05, 4.69) is 6.92 Å². The first-order valence-corrected chi connectivity index (χ1v) is 13.2. The molecule has 0 bridgehead atoms. The normalized spacial score (nSPS) is 10.7. The molecule has 0 amide bonds. The third-order valence-electron chi connectivity index (χ3n) is 5.54. The molecule has 0 atom stereocenters. The topological polar surface area (TPSA) is 84.9 Å². The number of hydrogen-bond acceptors (Lipinski definition) is 6. The molecule has 0 saturated carbocycles. The number of carbonyl (C=O) groups is 2. The first kappa shape index (κ1) is 35.0. The van der Waals surface area contributed by atoms with Crippen molar-refractivity contribution < 1.29 is 58.5 Å². The number of carboxylic acid groups (broad SMARTS) is 1. The number of esters is 1. The Hall–Kier alpha value is -0.140. The monoisotopic (exact) mass is 480 g/mol. The molecular weight excluding hydrogens is 431 g/mol. The first-order valence-electron chi connectivity index (χ1n) is 13.2. The van der Waals surface area contributed by atoms with Crippen molar-refractivity contribution in [3.63, 3.8) is 0 Å². The van der Waals surface area contributed by atoms with Crippen molar-refractivity contribution in [3.8, 4) is 0 Å². The van der Waals surface area contributed by atoms with Gasteiger partial charge in [0.15, 0.2) is 0 Å². The zero-order valence-electron chi connectivity index (χ0n) is 21.7. The number of ether oxygens (including phenoxy) is 3. The second kappa shape index (κ2) is 29.9. The van der Waals surface area contributed by atoms with Gasteiger partial charge in [0.25, 0.3) is 0 Å². The fourth-order valence-electron chi connectivity index (χ4n) is 3.56. The van der Waals surface area contributed by atoms with Crippen molar-refractivity contribution in [2.24, 2.45) is 0 Å². The van der Waals surface area contributed by atoms with Gasteiger partial charge in [-0.1, -0.05) is 103 Å². The van der Waals surface area contributed by atoms with E-state index < -0.39 is 11.9 Å². The molecule has 0 saturated heterocycles. The van der Waals surface area contributed by atoms with Crippen molar-refractivity contribution in [3.05, 3.63) is 0 Å². The Morgan fingerprint density at radius 1 is 0.545 bits per heavy atom. The molecule has 0 aliphatic rings. The van der Waals surface area contributed by atoms with E-state index in [0.29, 0.717) is 19.8 Å². The summed E-state index contributed by atoms with van der Waals surface area (Å²) < 4.78 is 15.7. The number of carboxylic acids is 1. The predicted molar refractivity (Wildman–Crippen MR) is 126 cm³/mol. The maximum atomic E-state index is 11.2. The maximum absolute atomic E-state index is 11.2. The fraction of sp³-hybridized carbons (Fsp3) is 0.923. The predicted octanol–water partition coefficient (Wildman–Crippen LogP) is 2.36. The Labute approximate surface area is 225 Å². The van der Waals surface area contributed by atoms with Gasteiger partial charge in [-0.15, -0.1) is 0 Å². The molecule has 0 aromatic carbocycles. The van der Waals surface area contributed by atoms with E-state index in [9.17, 15) is 14.7 Å². The molecule has 7 heteroatoms. The van der Waals surface area contributed by atoms with Gasteiger partial charge in [-0.3, -0.25) is 4.79 Å². The van der Waals surface area contributed by atoms with Crippen molar-refractivity contribution in [1.82, 2.24) is 0 Å². The molecule has 0 N–H and O–H groups in total. The minimum atomic E-state index is -1.25. The molecule has 0 unspecified atom stereocenters. The van der Waals surface area contributed by atoms with Crippen molar-refractivity contribution >= 4 is 11.9 Å². The zero-order chi connectivity index (χ0) is 23.5. The van der Waals surface area contributed by atoms with E-state index in [1.807, 2.05) is 0 Å². The van der Waals surface area contributed by atoms with Crippen molar-refractivity contribution in [1.29, 1.82) is 0 Å². The maximum Gasteiger partial charge on any atom is 1.00 e. The SMILES string of the molecule is CCCCCCCCCCCCCCCCCCOCCOCCOC(=O)CCC(=O)[O-].[Na+]. The molecule has 0 spiro atoms. The minimum Gasteiger partial charge on any atom is -0.550 e. The van der Waals surface area contributed by atoms with Crippen LogP contribution in [0.1, 0.15) is 122 Å². The molecule has 0 aromatic heterocycles. The van der Waals surface area contributed by atoms with Crippen LogP contribution in [0.4, 0.5) is 0 Å². The Kier molecular flexibility index (Phi) is 31.7. The summed E-state index contributed by atoms with van der Waals surface area (Å²) in [5.74, 6) is -1.79. The van der Waals surface area contributed by atoms with Crippen LogP contribution >= 0.6 is 0 Å². The van der Waals surface area contributed by atoms with Crippen LogP contribution < -0.4 is 34.7 Å². The molecular formula is C26H49NaO6. The number of rotatable bonds is 26. The van der Waals surface area contributed by atoms with E-state index in [1.54, 1.807) is 0 Å².